The van der Waals surface area contributed by atoms with Gasteiger partial charge in [0.05, 0.1) is 10.0 Å². The first-order valence-electron chi connectivity index (χ1n) is 6.15. The standard InChI is InChI=1S/C15H9BrF2O3/c16-10-7-11(17)9(6-12(10)18)15(19)8-1-2-13-14(5-8)21-4-3-20-13/h1-2,5-7H,3-4H2. The molecular formula is C15H9BrF2O3. The highest BCUT2D eigenvalue weighted by molar-refractivity contribution is 9.10. The van der Waals surface area contributed by atoms with Crippen LogP contribution in [0.25, 0.3) is 0 Å². The van der Waals surface area contributed by atoms with Crippen molar-refractivity contribution in [1.29, 1.82) is 0 Å². The van der Waals surface area contributed by atoms with Gasteiger partial charge in [-0.2, -0.15) is 0 Å². The fourth-order valence-electron chi connectivity index (χ4n) is 2.04. The molecule has 1 heterocycles. The van der Waals surface area contributed by atoms with Crippen LogP contribution in [-0.2, 0) is 0 Å². The molecule has 21 heavy (non-hydrogen) atoms. The van der Waals surface area contributed by atoms with Crippen molar-refractivity contribution in [2.24, 2.45) is 0 Å². The lowest BCUT2D eigenvalue weighted by atomic mass is 10.0. The third-order valence-electron chi connectivity index (χ3n) is 3.06. The molecule has 0 amide bonds. The molecule has 6 heteroatoms. The molecule has 0 N–H and O–H groups in total. The van der Waals surface area contributed by atoms with Gasteiger partial charge < -0.3 is 9.47 Å². The lowest BCUT2D eigenvalue weighted by Gasteiger charge is -2.18. The Morgan fingerprint density at radius 2 is 1.71 bits per heavy atom. The minimum Gasteiger partial charge on any atom is -0.486 e. The van der Waals surface area contributed by atoms with E-state index >= 15 is 0 Å². The third kappa shape index (κ3) is 2.63. The Balaban J connectivity index is 2.01. The number of hydrogen-bond acceptors (Lipinski definition) is 3. The molecular weight excluding hydrogens is 346 g/mol. The van der Waals surface area contributed by atoms with Crippen LogP contribution < -0.4 is 9.47 Å². The van der Waals surface area contributed by atoms with Gasteiger partial charge in [-0.1, -0.05) is 0 Å². The van der Waals surface area contributed by atoms with Gasteiger partial charge in [-0.25, -0.2) is 8.78 Å². The first kappa shape index (κ1) is 14.0. The van der Waals surface area contributed by atoms with Crippen molar-refractivity contribution in [2.75, 3.05) is 13.2 Å². The number of carbonyl (C=O) groups excluding carboxylic acids is 1. The molecule has 3 nitrogen and oxygen atoms in total. The Labute approximate surface area is 127 Å². The van der Waals surface area contributed by atoms with Crippen LogP contribution in [0.3, 0.4) is 0 Å². The summed E-state index contributed by atoms with van der Waals surface area (Å²) in [4.78, 5) is 12.3. The van der Waals surface area contributed by atoms with Gasteiger partial charge in [0.1, 0.15) is 24.8 Å². The summed E-state index contributed by atoms with van der Waals surface area (Å²) in [6.07, 6.45) is 0. The van der Waals surface area contributed by atoms with Crippen LogP contribution in [0, 0.1) is 11.6 Å². The number of fused-ring (bicyclic) bond motifs is 1. The summed E-state index contributed by atoms with van der Waals surface area (Å²) in [6, 6.07) is 6.35. The monoisotopic (exact) mass is 354 g/mol. The lowest BCUT2D eigenvalue weighted by Crippen LogP contribution is -2.16. The molecule has 2 aromatic rings. The first-order chi connectivity index (χ1) is 10.1. The van der Waals surface area contributed by atoms with Gasteiger partial charge in [0, 0.05) is 5.56 Å². The lowest BCUT2D eigenvalue weighted by molar-refractivity contribution is 0.103. The highest BCUT2D eigenvalue weighted by Crippen LogP contribution is 2.32. The number of benzene rings is 2. The highest BCUT2D eigenvalue weighted by atomic mass is 79.9. The summed E-state index contributed by atoms with van der Waals surface area (Å²) in [5.74, 6) is -1.15. The molecule has 0 aliphatic carbocycles. The maximum absolute atomic E-state index is 13.8. The van der Waals surface area contributed by atoms with Crippen molar-refractivity contribution in [3.8, 4) is 11.5 Å². The fraction of sp³-hybridized carbons (Fsp3) is 0.133. The second kappa shape index (κ2) is 5.44. The van der Waals surface area contributed by atoms with E-state index in [2.05, 4.69) is 15.9 Å². The summed E-state index contributed by atoms with van der Waals surface area (Å²) < 4.78 is 38.0. The predicted octanol–water partition coefficient (Wildman–Crippen LogP) is 3.73. The van der Waals surface area contributed by atoms with Gasteiger partial charge in [0.2, 0.25) is 0 Å². The van der Waals surface area contributed by atoms with Gasteiger partial charge in [-0.15, -0.1) is 0 Å². The van der Waals surface area contributed by atoms with Gasteiger partial charge in [-0.05, 0) is 46.3 Å². The zero-order chi connectivity index (χ0) is 15.0. The zero-order valence-corrected chi connectivity index (χ0v) is 12.2. The van der Waals surface area contributed by atoms with E-state index in [4.69, 9.17) is 9.47 Å². The molecule has 0 fully saturated rings. The normalized spacial score (nSPS) is 13.1. The SMILES string of the molecule is O=C(c1ccc2c(c1)OCCO2)c1cc(F)c(Br)cc1F. The van der Waals surface area contributed by atoms with Crippen molar-refractivity contribution >= 4 is 21.7 Å². The van der Waals surface area contributed by atoms with E-state index in [1.54, 1.807) is 6.07 Å². The Hall–Kier alpha value is -1.95. The van der Waals surface area contributed by atoms with Crippen molar-refractivity contribution in [1.82, 2.24) is 0 Å². The minimum atomic E-state index is -0.789. The summed E-state index contributed by atoms with van der Waals surface area (Å²) >= 11 is 2.87. The van der Waals surface area contributed by atoms with Crippen molar-refractivity contribution in [3.63, 3.8) is 0 Å². The van der Waals surface area contributed by atoms with E-state index in [1.807, 2.05) is 0 Å². The molecule has 0 aromatic heterocycles. The number of ether oxygens (including phenoxy) is 2. The molecule has 1 aliphatic heterocycles. The Bertz CT molecular complexity index is 731. The molecule has 3 rings (SSSR count). The number of ketones is 1. The second-order valence-electron chi connectivity index (χ2n) is 4.43. The number of rotatable bonds is 2. The predicted molar refractivity (Wildman–Crippen MR) is 74.9 cm³/mol. The second-order valence-corrected chi connectivity index (χ2v) is 5.29. The maximum Gasteiger partial charge on any atom is 0.196 e. The van der Waals surface area contributed by atoms with E-state index in [9.17, 15) is 13.6 Å². The number of halogens is 3. The van der Waals surface area contributed by atoms with Gasteiger partial charge in [0.25, 0.3) is 0 Å². The highest BCUT2D eigenvalue weighted by Gasteiger charge is 2.20. The van der Waals surface area contributed by atoms with Gasteiger partial charge >= 0.3 is 0 Å². The van der Waals surface area contributed by atoms with Crippen LogP contribution >= 0.6 is 15.9 Å². The number of carbonyl (C=O) groups is 1. The molecule has 0 unspecified atom stereocenters. The number of hydrogen-bond donors (Lipinski definition) is 0. The van der Waals surface area contributed by atoms with Crippen LogP contribution in [0.1, 0.15) is 15.9 Å². The van der Waals surface area contributed by atoms with Crippen LogP contribution in [-0.4, -0.2) is 19.0 Å². The summed E-state index contributed by atoms with van der Waals surface area (Å²) in [7, 11) is 0. The Morgan fingerprint density at radius 3 is 2.48 bits per heavy atom. The van der Waals surface area contributed by atoms with Gasteiger partial charge in [-0.3, -0.25) is 4.79 Å². The zero-order valence-electron chi connectivity index (χ0n) is 10.7. The topological polar surface area (TPSA) is 35.5 Å². The van der Waals surface area contributed by atoms with E-state index in [0.29, 0.717) is 24.7 Å². The molecule has 0 saturated heterocycles. The van der Waals surface area contributed by atoms with Crippen LogP contribution in [0.2, 0.25) is 0 Å². The van der Waals surface area contributed by atoms with Crippen LogP contribution in [0.4, 0.5) is 8.78 Å². The fourth-order valence-corrected chi connectivity index (χ4v) is 2.35. The average molecular weight is 355 g/mol. The molecule has 0 radical (unpaired) electrons. The molecule has 0 spiro atoms. The van der Waals surface area contributed by atoms with Crippen LogP contribution in [0.15, 0.2) is 34.8 Å². The van der Waals surface area contributed by atoms with Crippen LogP contribution in [0.5, 0.6) is 11.5 Å². The van der Waals surface area contributed by atoms with E-state index in [0.717, 1.165) is 12.1 Å². The molecule has 1 aliphatic rings. The summed E-state index contributed by atoms with van der Waals surface area (Å²) in [5.41, 5.74) is -0.118. The Morgan fingerprint density at radius 1 is 1.00 bits per heavy atom. The largest absolute Gasteiger partial charge is 0.486 e. The molecule has 2 aromatic carbocycles. The maximum atomic E-state index is 13.8. The first-order valence-corrected chi connectivity index (χ1v) is 6.94. The minimum absolute atomic E-state index is 0.0290. The van der Waals surface area contributed by atoms with Crippen molar-refractivity contribution in [2.45, 2.75) is 0 Å². The average Bonchev–Trinajstić information content (AvgIpc) is 2.50. The van der Waals surface area contributed by atoms with Crippen molar-refractivity contribution in [3.05, 3.63) is 57.6 Å². The third-order valence-corrected chi connectivity index (χ3v) is 3.67. The molecule has 0 saturated carbocycles. The molecule has 0 atom stereocenters. The van der Waals surface area contributed by atoms with Gasteiger partial charge in [0.15, 0.2) is 17.3 Å². The van der Waals surface area contributed by atoms with E-state index < -0.39 is 17.4 Å². The van der Waals surface area contributed by atoms with E-state index in [1.165, 1.54) is 12.1 Å². The molecule has 108 valence electrons. The van der Waals surface area contributed by atoms with E-state index in [-0.39, 0.29) is 15.6 Å². The quantitative estimate of drug-likeness (QED) is 0.608. The molecule has 0 bridgehead atoms. The summed E-state index contributed by atoms with van der Waals surface area (Å²) in [5, 5.41) is 0. The smallest absolute Gasteiger partial charge is 0.196 e. The Kier molecular flexibility index (Phi) is 3.63. The summed E-state index contributed by atoms with van der Waals surface area (Å²) in [6.45, 7) is 0.818. The van der Waals surface area contributed by atoms with Crippen molar-refractivity contribution < 1.29 is 23.0 Å².